The van der Waals surface area contributed by atoms with Crippen LogP contribution in [0.5, 0.6) is 0 Å². The molecule has 1 aromatic rings. The molecule has 80 valence electrons. The van der Waals surface area contributed by atoms with Crippen molar-refractivity contribution < 1.29 is 44.0 Å². The van der Waals surface area contributed by atoms with Crippen molar-refractivity contribution in [3.63, 3.8) is 0 Å². The second kappa shape index (κ2) is 6.29. The van der Waals surface area contributed by atoms with Gasteiger partial charge in [-0.2, -0.15) is 8.42 Å². The van der Waals surface area contributed by atoms with Crippen LogP contribution in [-0.4, -0.2) is 13.0 Å². The molecule has 15 heavy (non-hydrogen) atoms. The van der Waals surface area contributed by atoms with Crippen LogP contribution < -0.4 is 29.6 Å². The molecule has 1 rings (SSSR count). The number of benzene rings is 1. The van der Waals surface area contributed by atoms with E-state index in [2.05, 4.69) is 63.7 Å². The topological polar surface area (TPSA) is 54.4 Å². The van der Waals surface area contributed by atoms with Gasteiger partial charge in [0, 0.05) is 13.4 Å². The zero-order valence-electron chi connectivity index (χ0n) is 8.26. The standard InChI is InChI=1S/C6H2Br4O3S.Na.H/c7-2-1-3(14(11,12)13)5(9)6(10)4(2)8;;/h1H,(H,11,12,13);;/q;+1;-1. The Morgan fingerprint density at radius 3 is 1.93 bits per heavy atom. The Kier molecular flexibility index (Phi) is 7.14. The van der Waals surface area contributed by atoms with Gasteiger partial charge in [0.05, 0.1) is 4.47 Å². The van der Waals surface area contributed by atoms with E-state index in [1.807, 2.05) is 0 Å². The van der Waals surface area contributed by atoms with Gasteiger partial charge >= 0.3 is 29.6 Å². The van der Waals surface area contributed by atoms with E-state index < -0.39 is 10.1 Å². The van der Waals surface area contributed by atoms with Crippen LogP contribution in [-0.2, 0) is 10.1 Å². The third-order valence-corrected chi connectivity index (χ3v) is 7.15. The molecule has 0 aliphatic rings. The van der Waals surface area contributed by atoms with Crippen molar-refractivity contribution >= 4 is 73.8 Å². The Labute approximate surface area is 144 Å². The predicted molar refractivity (Wildman–Crippen MR) is 68.2 cm³/mol. The van der Waals surface area contributed by atoms with Gasteiger partial charge in [-0.15, -0.1) is 0 Å². The van der Waals surface area contributed by atoms with Crippen molar-refractivity contribution in [3.8, 4) is 0 Å². The summed E-state index contributed by atoms with van der Waals surface area (Å²) in [6.45, 7) is 0. The molecule has 0 aliphatic heterocycles. The van der Waals surface area contributed by atoms with E-state index in [0.29, 0.717) is 13.4 Å². The Balaban J connectivity index is 0. The summed E-state index contributed by atoms with van der Waals surface area (Å²) in [4.78, 5) is -0.195. The molecule has 0 saturated heterocycles. The SMILES string of the molecule is O=S(=O)(O)c1cc(Br)c(Br)c(Br)c1Br.[H-].[Na+]. The molecular weight excluding hydrogens is 495 g/mol. The molecule has 0 heterocycles. The van der Waals surface area contributed by atoms with Crippen LogP contribution in [0.2, 0.25) is 0 Å². The third kappa shape index (κ3) is 4.03. The average molecular weight is 498 g/mol. The molecular formula is C6H3Br4NaO3S. The largest absolute Gasteiger partial charge is 1.00 e. The van der Waals surface area contributed by atoms with Gasteiger partial charge in [0.25, 0.3) is 10.1 Å². The summed E-state index contributed by atoms with van der Waals surface area (Å²) in [5, 5.41) is 0. The zero-order chi connectivity index (χ0) is 11.1. The zero-order valence-corrected chi connectivity index (χ0v) is 16.4. The van der Waals surface area contributed by atoms with Gasteiger partial charge in [0.2, 0.25) is 0 Å². The fourth-order valence-electron chi connectivity index (χ4n) is 0.739. The summed E-state index contributed by atoms with van der Waals surface area (Å²) >= 11 is 12.6. The Bertz CT molecular complexity index is 493. The van der Waals surface area contributed by atoms with Crippen molar-refractivity contribution in [1.29, 1.82) is 0 Å². The minimum atomic E-state index is -4.22. The van der Waals surface area contributed by atoms with E-state index in [9.17, 15) is 8.42 Å². The number of rotatable bonds is 1. The van der Waals surface area contributed by atoms with Gasteiger partial charge in [-0.25, -0.2) is 0 Å². The smallest absolute Gasteiger partial charge is 1.00 e. The Morgan fingerprint density at radius 1 is 1.07 bits per heavy atom. The molecule has 0 aromatic heterocycles. The van der Waals surface area contributed by atoms with Crippen molar-refractivity contribution in [1.82, 2.24) is 0 Å². The molecule has 0 amide bonds. The molecule has 0 fully saturated rings. The number of halogens is 4. The molecule has 0 atom stereocenters. The van der Waals surface area contributed by atoms with E-state index >= 15 is 0 Å². The second-order valence-corrected chi connectivity index (χ2v) is 6.90. The van der Waals surface area contributed by atoms with Crippen LogP contribution in [0.3, 0.4) is 0 Å². The van der Waals surface area contributed by atoms with Gasteiger partial charge in [-0.3, -0.25) is 4.55 Å². The Hall–Kier alpha value is 2.05. The van der Waals surface area contributed by atoms with Gasteiger partial charge in [0.1, 0.15) is 4.90 Å². The first-order valence-corrected chi connectivity index (χ1v) is 7.67. The molecule has 0 bridgehead atoms. The minimum absolute atomic E-state index is 0. The monoisotopic (exact) mass is 494 g/mol. The molecule has 1 N–H and O–H groups in total. The van der Waals surface area contributed by atoms with Crippen molar-refractivity contribution in [2.75, 3.05) is 0 Å². The molecule has 0 radical (unpaired) electrons. The van der Waals surface area contributed by atoms with E-state index in [1.165, 1.54) is 6.07 Å². The molecule has 3 nitrogen and oxygen atoms in total. The van der Waals surface area contributed by atoms with Gasteiger partial charge in [0.15, 0.2) is 0 Å². The van der Waals surface area contributed by atoms with E-state index in [-0.39, 0.29) is 40.4 Å². The maximum Gasteiger partial charge on any atom is 1.00 e. The average Bonchev–Trinajstić information content (AvgIpc) is 2.06. The molecule has 0 spiro atoms. The summed E-state index contributed by atoms with van der Waals surface area (Å²) in [5.41, 5.74) is 0. The normalized spacial score (nSPS) is 11.0. The van der Waals surface area contributed by atoms with Crippen LogP contribution in [0.1, 0.15) is 1.43 Å². The maximum absolute atomic E-state index is 10.9. The number of hydrogen-bond acceptors (Lipinski definition) is 2. The number of hydrogen-bond donors (Lipinski definition) is 1. The Morgan fingerprint density at radius 2 is 1.53 bits per heavy atom. The van der Waals surface area contributed by atoms with E-state index in [4.69, 9.17) is 4.55 Å². The van der Waals surface area contributed by atoms with E-state index in [1.54, 1.807) is 0 Å². The first kappa shape index (κ1) is 17.1. The van der Waals surface area contributed by atoms with Crippen LogP contribution >= 0.6 is 63.7 Å². The van der Waals surface area contributed by atoms with Crippen molar-refractivity contribution in [3.05, 3.63) is 24.0 Å². The first-order valence-electron chi connectivity index (χ1n) is 3.05. The van der Waals surface area contributed by atoms with Gasteiger partial charge < -0.3 is 1.43 Å². The molecule has 9 heteroatoms. The van der Waals surface area contributed by atoms with Crippen molar-refractivity contribution in [2.24, 2.45) is 0 Å². The first-order chi connectivity index (χ1) is 6.25. The summed E-state index contributed by atoms with van der Waals surface area (Å²) in [6.07, 6.45) is 0. The molecule has 0 aliphatic carbocycles. The maximum atomic E-state index is 10.9. The minimum Gasteiger partial charge on any atom is -1.00 e. The quantitative estimate of drug-likeness (QED) is 0.274. The third-order valence-electron chi connectivity index (χ3n) is 1.35. The summed E-state index contributed by atoms with van der Waals surface area (Å²) in [7, 11) is -4.22. The fraction of sp³-hybridized carbons (Fsp3) is 0. The fourth-order valence-corrected chi connectivity index (χ4v) is 4.24. The van der Waals surface area contributed by atoms with Crippen molar-refractivity contribution in [2.45, 2.75) is 4.90 Å². The van der Waals surface area contributed by atoms with Crippen LogP contribution in [0.15, 0.2) is 28.9 Å². The van der Waals surface area contributed by atoms with Crippen LogP contribution in [0.25, 0.3) is 0 Å². The molecule has 1 aromatic carbocycles. The van der Waals surface area contributed by atoms with Gasteiger partial charge in [-0.05, 0) is 69.8 Å². The second-order valence-electron chi connectivity index (χ2n) is 2.27. The van der Waals surface area contributed by atoms with Gasteiger partial charge in [-0.1, -0.05) is 0 Å². The van der Waals surface area contributed by atoms with Crippen LogP contribution in [0, 0.1) is 0 Å². The summed E-state index contributed by atoms with van der Waals surface area (Å²) < 4.78 is 32.7. The summed E-state index contributed by atoms with van der Waals surface area (Å²) in [6, 6.07) is 1.30. The van der Waals surface area contributed by atoms with E-state index in [0.717, 1.165) is 0 Å². The molecule has 0 unspecified atom stereocenters. The summed E-state index contributed by atoms with van der Waals surface area (Å²) in [5.74, 6) is 0. The predicted octanol–water partition coefficient (Wildman–Crippen LogP) is 1.10. The molecule has 0 saturated carbocycles. The van der Waals surface area contributed by atoms with Crippen LogP contribution in [0.4, 0.5) is 0 Å².